The van der Waals surface area contributed by atoms with Crippen molar-refractivity contribution in [3.63, 3.8) is 0 Å². The molecule has 0 bridgehead atoms. The number of aromatic amines is 1. The molecule has 10 nitrogen and oxygen atoms in total. The largest absolute Gasteiger partial charge is 0.507 e. The number of fused-ring (bicyclic) bond motifs is 1. The second-order valence-corrected chi connectivity index (χ2v) is 7.33. The van der Waals surface area contributed by atoms with Crippen LogP contribution in [0.4, 0.5) is 0 Å². The number of benzene rings is 1. The number of imidazole rings is 1. The van der Waals surface area contributed by atoms with Gasteiger partial charge in [0.25, 0.3) is 0 Å². The van der Waals surface area contributed by atoms with E-state index in [2.05, 4.69) is 15.3 Å². The van der Waals surface area contributed by atoms with Crippen molar-refractivity contribution in [3.05, 3.63) is 63.7 Å². The van der Waals surface area contributed by atoms with E-state index in [4.69, 9.17) is 18.6 Å². The van der Waals surface area contributed by atoms with Gasteiger partial charge in [0.2, 0.25) is 18.4 Å². The summed E-state index contributed by atoms with van der Waals surface area (Å²) in [7, 11) is 1.48. The Morgan fingerprint density at radius 1 is 1.34 bits per heavy atom. The number of aromatic hydroxyl groups is 1. The van der Waals surface area contributed by atoms with Crippen molar-refractivity contribution in [2.75, 3.05) is 20.4 Å². The molecule has 0 spiro atoms. The first-order chi connectivity index (χ1) is 15.5. The van der Waals surface area contributed by atoms with Crippen LogP contribution in [-0.4, -0.2) is 41.4 Å². The topological polar surface area (TPSA) is 136 Å². The number of rotatable bonds is 8. The molecule has 2 aromatic heterocycles. The number of aromatic nitrogens is 2. The molecule has 1 aromatic carbocycles. The highest BCUT2D eigenvalue weighted by Crippen LogP contribution is 2.45. The Bertz CT molecular complexity index is 1170. The number of H-pyrrole nitrogens is 1. The van der Waals surface area contributed by atoms with Crippen LogP contribution in [0.5, 0.6) is 23.0 Å². The minimum atomic E-state index is -0.803. The molecule has 3 N–H and O–H groups in total. The number of nitrogens with zero attached hydrogens (tertiary/aromatic N) is 1. The van der Waals surface area contributed by atoms with E-state index in [0.29, 0.717) is 35.8 Å². The van der Waals surface area contributed by atoms with E-state index >= 15 is 0 Å². The molecule has 168 valence electrons. The first-order valence-corrected chi connectivity index (χ1v) is 10.0. The quantitative estimate of drug-likeness (QED) is 0.483. The second kappa shape index (κ2) is 9.04. The Morgan fingerprint density at radius 3 is 2.91 bits per heavy atom. The minimum absolute atomic E-state index is 0.0137. The summed E-state index contributed by atoms with van der Waals surface area (Å²) in [6, 6.07) is 4.69. The minimum Gasteiger partial charge on any atom is -0.507 e. The number of hydrogen-bond donors (Lipinski definition) is 3. The van der Waals surface area contributed by atoms with E-state index in [-0.39, 0.29) is 36.2 Å². The number of methoxy groups -OCH3 is 1. The van der Waals surface area contributed by atoms with Crippen molar-refractivity contribution >= 4 is 5.91 Å². The van der Waals surface area contributed by atoms with Gasteiger partial charge in [0, 0.05) is 43.3 Å². The van der Waals surface area contributed by atoms with Crippen molar-refractivity contribution in [3.8, 4) is 23.0 Å². The number of carbonyl (C=O) groups is 1. The first-order valence-electron chi connectivity index (χ1n) is 10.0. The van der Waals surface area contributed by atoms with Gasteiger partial charge in [0.05, 0.1) is 19.0 Å². The molecular formula is C22H23N3O7. The highest BCUT2D eigenvalue weighted by atomic mass is 16.7. The van der Waals surface area contributed by atoms with E-state index in [1.807, 2.05) is 0 Å². The summed E-state index contributed by atoms with van der Waals surface area (Å²) in [5.41, 5.74) is 0.704. The van der Waals surface area contributed by atoms with Crippen LogP contribution in [0.2, 0.25) is 0 Å². The van der Waals surface area contributed by atoms with E-state index in [9.17, 15) is 14.7 Å². The van der Waals surface area contributed by atoms with Gasteiger partial charge in [0.1, 0.15) is 11.5 Å². The summed E-state index contributed by atoms with van der Waals surface area (Å²) in [4.78, 5) is 32.3. The zero-order valence-corrected chi connectivity index (χ0v) is 17.6. The van der Waals surface area contributed by atoms with Crippen LogP contribution in [0.3, 0.4) is 0 Å². The third kappa shape index (κ3) is 4.39. The second-order valence-electron chi connectivity index (χ2n) is 7.33. The SMILES string of the molecule is COc1cc([C@H](CC(=O)NCCc2cnc[nH]2)c2c(O)cc(C)oc2=O)cc2c1OCO2. The van der Waals surface area contributed by atoms with Gasteiger partial charge in [-0.15, -0.1) is 0 Å². The molecule has 3 aromatic rings. The van der Waals surface area contributed by atoms with Crippen LogP contribution >= 0.6 is 0 Å². The molecule has 4 rings (SSSR count). The average Bonchev–Trinajstić information content (AvgIpc) is 3.43. The number of ether oxygens (including phenoxy) is 3. The third-order valence-corrected chi connectivity index (χ3v) is 5.18. The molecule has 10 heteroatoms. The molecule has 1 aliphatic rings. The number of amides is 1. The van der Waals surface area contributed by atoms with Gasteiger partial charge in [-0.25, -0.2) is 9.78 Å². The molecular weight excluding hydrogens is 418 g/mol. The van der Waals surface area contributed by atoms with E-state index in [1.54, 1.807) is 31.6 Å². The predicted octanol–water partition coefficient (Wildman–Crippen LogP) is 2.00. The smallest absolute Gasteiger partial charge is 0.343 e. The summed E-state index contributed by atoms with van der Waals surface area (Å²) < 4.78 is 21.5. The first kappa shape index (κ1) is 21.3. The fraction of sp³-hybridized carbons (Fsp3) is 0.318. The number of hydrogen-bond acceptors (Lipinski definition) is 8. The lowest BCUT2D eigenvalue weighted by molar-refractivity contribution is -0.121. The Hall–Kier alpha value is -3.95. The normalized spacial score (nSPS) is 13.1. The lowest BCUT2D eigenvalue weighted by Crippen LogP contribution is -2.28. The fourth-order valence-electron chi connectivity index (χ4n) is 3.68. The van der Waals surface area contributed by atoms with E-state index < -0.39 is 11.5 Å². The van der Waals surface area contributed by atoms with Gasteiger partial charge in [0.15, 0.2) is 11.5 Å². The zero-order chi connectivity index (χ0) is 22.7. The molecule has 0 unspecified atom stereocenters. The molecule has 1 amide bonds. The van der Waals surface area contributed by atoms with Gasteiger partial charge < -0.3 is 34.0 Å². The van der Waals surface area contributed by atoms with Gasteiger partial charge in [-0.2, -0.15) is 0 Å². The predicted molar refractivity (Wildman–Crippen MR) is 112 cm³/mol. The average molecular weight is 441 g/mol. The third-order valence-electron chi connectivity index (χ3n) is 5.18. The Balaban J connectivity index is 1.65. The molecule has 32 heavy (non-hydrogen) atoms. The van der Waals surface area contributed by atoms with Crippen LogP contribution < -0.4 is 25.2 Å². The molecule has 0 saturated heterocycles. The highest BCUT2D eigenvalue weighted by Gasteiger charge is 2.29. The summed E-state index contributed by atoms with van der Waals surface area (Å²) in [6.45, 7) is 1.98. The van der Waals surface area contributed by atoms with Crippen LogP contribution in [0.15, 0.2) is 39.9 Å². The summed E-state index contributed by atoms with van der Waals surface area (Å²) in [5.74, 6) is 0.190. The molecule has 1 aliphatic heterocycles. The Kier molecular flexibility index (Phi) is 6.02. The molecule has 0 radical (unpaired) electrons. The zero-order valence-electron chi connectivity index (χ0n) is 17.6. The maximum absolute atomic E-state index is 12.8. The molecule has 1 atom stereocenters. The maximum atomic E-state index is 12.8. The number of carbonyl (C=O) groups excluding carboxylic acids is 1. The Morgan fingerprint density at radius 2 is 2.19 bits per heavy atom. The van der Waals surface area contributed by atoms with Crippen LogP contribution in [0.25, 0.3) is 0 Å². The lowest BCUT2D eigenvalue weighted by Gasteiger charge is -2.19. The van der Waals surface area contributed by atoms with Gasteiger partial charge in [-0.05, 0) is 24.6 Å². The molecule has 0 fully saturated rings. The Labute approximate surface area is 183 Å². The summed E-state index contributed by atoms with van der Waals surface area (Å²) >= 11 is 0. The van der Waals surface area contributed by atoms with Crippen molar-refractivity contribution in [2.45, 2.75) is 25.7 Å². The number of nitrogens with one attached hydrogen (secondary N) is 2. The molecule has 0 aliphatic carbocycles. The van der Waals surface area contributed by atoms with Crippen molar-refractivity contribution in [1.82, 2.24) is 15.3 Å². The number of aryl methyl sites for hydroxylation is 1. The highest BCUT2D eigenvalue weighted by molar-refractivity contribution is 5.78. The van der Waals surface area contributed by atoms with Crippen LogP contribution in [0, 0.1) is 6.92 Å². The van der Waals surface area contributed by atoms with Crippen LogP contribution in [-0.2, 0) is 11.2 Å². The monoisotopic (exact) mass is 441 g/mol. The van der Waals surface area contributed by atoms with Crippen LogP contribution in [0.1, 0.15) is 34.9 Å². The van der Waals surface area contributed by atoms with Crippen molar-refractivity contribution < 1.29 is 28.5 Å². The van der Waals surface area contributed by atoms with Gasteiger partial charge in [-0.3, -0.25) is 4.79 Å². The summed E-state index contributed by atoms with van der Waals surface area (Å²) in [6.07, 6.45) is 3.72. The van der Waals surface area contributed by atoms with Crippen molar-refractivity contribution in [2.24, 2.45) is 0 Å². The van der Waals surface area contributed by atoms with E-state index in [0.717, 1.165) is 5.69 Å². The lowest BCUT2D eigenvalue weighted by atomic mass is 9.88. The summed E-state index contributed by atoms with van der Waals surface area (Å²) in [5, 5.41) is 13.4. The van der Waals surface area contributed by atoms with Gasteiger partial charge >= 0.3 is 5.63 Å². The molecule has 3 heterocycles. The van der Waals surface area contributed by atoms with Crippen molar-refractivity contribution in [1.29, 1.82) is 0 Å². The fourth-order valence-corrected chi connectivity index (χ4v) is 3.68. The van der Waals surface area contributed by atoms with Gasteiger partial charge in [-0.1, -0.05) is 0 Å². The van der Waals surface area contributed by atoms with E-state index in [1.165, 1.54) is 13.2 Å². The standard InChI is InChI=1S/C22H23N3O7/c1-12-5-16(26)20(22(28)32-12)15(8-19(27)24-4-3-14-9-23-10-25-14)13-6-17(29-2)21-18(7-13)30-11-31-21/h5-7,9-10,15,26H,3-4,8,11H2,1-2H3,(H,23,25)(H,24,27)/t15-/m0/s1. The maximum Gasteiger partial charge on any atom is 0.343 e. The molecule has 0 saturated carbocycles.